The molecule has 0 aliphatic carbocycles. The van der Waals surface area contributed by atoms with Gasteiger partial charge in [-0.05, 0) is 55.5 Å². The Labute approximate surface area is 291 Å². The minimum atomic E-state index is -1.28. The first-order valence-electron chi connectivity index (χ1n) is 16.4. The van der Waals surface area contributed by atoms with Crippen molar-refractivity contribution in [3.05, 3.63) is 59.2 Å². The number of esters is 1. The van der Waals surface area contributed by atoms with Gasteiger partial charge < -0.3 is 45.5 Å². The number of carbonyl (C=O) groups is 6. The predicted octanol–water partition coefficient (Wildman–Crippen LogP) is 0.146. The number of benzene rings is 2. The Morgan fingerprint density at radius 2 is 1.70 bits per heavy atom. The standard InChI is InChI=1S/C35H47N5O10/c1-22(42)32(38-21-41)34(46)39-27(18-23-8-11-26(48-2)12-9-23)35(47)40-17-5-6-28(40)33(45)36-16-15-24-7-10-25(29(19-24)49-3)20-37-30(43)13-14-31(44)50-4/h7-12,19,21-22,27-28,32,42H,5-6,13-18,20H2,1-4H3,(H,36,45)(H,37,43)(H,38,41)(H,39,46)/t22-,27+,28?,32-/m0/s1. The number of aliphatic hydroxyl groups is 1. The van der Waals surface area contributed by atoms with Crippen molar-refractivity contribution >= 4 is 36.0 Å². The fourth-order valence-corrected chi connectivity index (χ4v) is 5.61. The molecule has 1 saturated heterocycles. The second-order valence-corrected chi connectivity index (χ2v) is 11.8. The highest BCUT2D eigenvalue weighted by molar-refractivity contribution is 5.94. The largest absolute Gasteiger partial charge is 0.497 e. The van der Waals surface area contributed by atoms with Crippen molar-refractivity contribution in [3.63, 3.8) is 0 Å². The summed E-state index contributed by atoms with van der Waals surface area (Å²) in [4.78, 5) is 76.3. The molecule has 1 aliphatic heterocycles. The van der Waals surface area contributed by atoms with Gasteiger partial charge in [0.25, 0.3) is 0 Å². The van der Waals surface area contributed by atoms with Gasteiger partial charge in [0, 0.05) is 38.0 Å². The first-order valence-corrected chi connectivity index (χ1v) is 16.4. The fourth-order valence-electron chi connectivity index (χ4n) is 5.61. The van der Waals surface area contributed by atoms with Crippen molar-refractivity contribution in [2.24, 2.45) is 0 Å². The molecule has 0 spiro atoms. The second-order valence-electron chi connectivity index (χ2n) is 11.8. The number of ether oxygens (including phenoxy) is 3. The molecule has 15 nitrogen and oxygen atoms in total. The van der Waals surface area contributed by atoms with E-state index < -0.39 is 42.0 Å². The monoisotopic (exact) mass is 697 g/mol. The Morgan fingerprint density at radius 1 is 0.980 bits per heavy atom. The molecular formula is C35H47N5O10. The molecule has 0 bridgehead atoms. The van der Waals surface area contributed by atoms with Gasteiger partial charge in [0.15, 0.2) is 0 Å². The van der Waals surface area contributed by atoms with Crippen molar-refractivity contribution < 1.29 is 48.1 Å². The van der Waals surface area contributed by atoms with Crippen LogP contribution in [0.1, 0.15) is 49.3 Å². The maximum atomic E-state index is 13.9. The number of hydrogen-bond acceptors (Lipinski definition) is 10. The molecule has 2 aromatic carbocycles. The maximum Gasteiger partial charge on any atom is 0.306 e. The topological polar surface area (TPSA) is 202 Å². The summed E-state index contributed by atoms with van der Waals surface area (Å²) in [6.07, 6.45) is 0.686. The molecule has 0 aromatic heterocycles. The number of methoxy groups -OCH3 is 3. The summed E-state index contributed by atoms with van der Waals surface area (Å²) in [6, 6.07) is 9.38. The number of nitrogens with zero attached hydrogens (tertiary/aromatic N) is 1. The molecule has 1 aliphatic rings. The van der Waals surface area contributed by atoms with E-state index in [1.165, 1.54) is 33.2 Å². The summed E-state index contributed by atoms with van der Waals surface area (Å²) in [7, 11) is 4.32. The number of aliphatic hydroxyl groups excluding tert-OH is 1. The van der Waals surface area contributed by atoms with E-state index in [1.54, 1.807) is 24.3 Å². The van der Waals surface area contributed by atoms with Crippen LogP contribution >= 0.6 is 0 Å². The van der Waals surface area contributed by atoms with Crippen LogP contribution in [0.5, 0.6) is 11.5 Å². The normalized spacial score (nSPS) is 15.5. The lowest BCUT2D eigenvalue weighted by atomic mass is 10.0. The lowest BCUT2D eigenvalue weighted by Gasteiger charge is -2.30. The Bertz CT molecular complexity index is 1480. The lowest BCUT2D eigenvalue weighted by Crippen LogP contribution is -2.58. The minimum absolute atomic E-state index is 0.0110. The van der Waals surface area contributed by atoms with Gasteiger partial charge in [-0.2, -0.15) is 0 Å². The molecule has 2 aromatic rings. The third kappa shape index (κ3) is 11.5. The van der Waals surface area contributed by atoms with Crippen LogP contribution in [0.25, 0.3) is 0 Å². The van der Waals surface area contributed by atoms with E-state index >= 15 is 0 Å². The van der Waals surface area contributed by atoms with Crippen molar-refractivity contribution in [2.75, 3.05) is 34.4 Å². The molecule has 272 valence electrons. The zero-order valence-corrected chi connectivity index (χ0v) is 28.9. The highest BCUT2D eigenvalue weighted by atomic mass is 16.5. The predicted molar refractivity (Wildman–Crippen MR) is 181 cm³/mol. The quantitative estimate of drug-likeness (QED) is 0.0994. The molecule has 3 rings (SSSR count). The van der Waals surface area contributed by atoms with Crippen molar-refractivity contribution in [1.29, 1.82) is 0 Å². The Morgan fingerprint density at radius 3 is 2.34 bits per heavy atom. The molecule has 15 heteroatoms. The van der Waals surface area contributed by atoms with Gasteiger partial charge in [-0.1, -0.05) is 24.3 Å². The van der Waals surface area contributed by atoms with E-state index in [2.05, 4.69) is 26.0 Å². The summed E-state index contributed by atoms with van der Waals surface area (Å²) in [5.74, 6) is -1.10. The highest BCUT2D eigenvalue weighted by Crippen LogP contribution is 2.22. The van der Waals surface area contributed by atoms with E-state index in [4.69, 9.17) is 9.47 Å². The Kier molecular flexibility index (Phi) is 15.5. The number of likely N-dealkylation sites (tertiary alicyclic amines) is 1. The summed E-state index contributed by atoms with van der Waals surface area (Å²) in [5.41, 5.74) is 2.34. The molecule has 50 heavy (non-hydrogen) atoms. The van der Waals surface area contributed by atoms with Crippen molar-refractivity contribution in [3.8, 4) is 11.5 Å². The summed E-state index contributed by atoms with van der Waals surface area (Å²) >= 11 is 0. The zero-order chi connectivity index (χ0) is 36.6. The molecule has 0 saturated carbocycles. The first-order chi connectivity index (χ1) is 24.0. The fraction of sp³-hybridized carbons (Fsp3) is 0.486. The van der Waals surface area contributed by atoms with Crippen LogP contribution in [0.4, 0.5) is 0 Å². The van der Waals surface area contributed by atoms with E-state index in [0.717, 1.165) is 16.7 Å². The molecule has 5 amide bonds. The van der Waals surface area contributed by atoms with Crippen molar-refractivity contribution in [2.45, 2.75) is 76.2 Å². The van der Waals surface area contributed by atoms with Crippen LogP contribution in [-0.2, 0) is 52.9 Å². The van der Waals surface area contributed by atoms with Crippen LogP contribution in [0.15, 0.2) is 42.5 Å². The molecule has 1 unspecified atom stereocenters. The van der Waals surface area contributed by atoms with Crippen LogP contribution in [0.2, 0.25) is 0 Å². The smallest absolute Gasteiger partial charge is 0.306 e. The second kappa shape index (κ2) is 19.7. The summed E-state index contributed by atoms with van der Waals surface area (Å²) in [6.45, 7) is 2.16. The van der Waals surface area contributed by atoms with Gasteiger partial charge in [0.2, 0.25) is 30.0 Å². The third-order valence-corrected chi connectivity index (χ3v) is 8.39. The highest BCUT2D eigenvalue weighted by Gasteiger charge is 2.38. The SMILES string of the molecule is COC(=O)CCC(=O)NCc1ccc(CCNC(=O)C2CCCN2C(=O)[C@@H](Cc2ccc(OC)cc2)NC(=O)[C@@H](NC=O)[C@H](C)O)cc1OC. The molecule has 4 atom stereocenters. The Hall–Kier alpha value is -5.18. The van der Waals surface area contributed by atoms with Crippen LogP contribution in [0.3, 0.4) is 0 Å². The van der Waals surface area contributed by atoms with E-state index in [1.807, 2.05) is 18.2 Å². The van der Waals surface area contributed by atoms with Gasteiger partial charge in [-0.25, -0.2) is 0 Å². The van der Waals surface area contributed by atoms with Gasteiger partial charge >= 0.3 is 5.97 Å². The maximum absolute atomic E-state index is 13.9. The van der Waals surface area contributed by atoms with E-state index in [9.17, 15) is 33.9 Å². The summed E-state index contributed by atoms with van der Waals surface area (Å²) < 4.78 is 15.3. The molecule has 5 N–H and O–H groups in total. The van der Waals surface area contributed by atoms with Crippen LogP contribution in [0, 0.1) is 0 Å². The number of rotatable bonds is 19. The zero-order valence-electron chi connectivity index (χ0n) is 28.9. The Balaban J connectivity index is 1.64. The van der Waals surface area contributed by atoms with Gasteiger partial charge in [-0.3, -0.25) is 28.8 Å². The number of carbonyl (C=O) groups excluding carboxylic acids is 6. The van der Waals surface area contributed by atoms with E-state index in [-0.39, 0.29) is 44.2 Å². The van der Waals surface area contributed by atoms with Crippen molar-refractivity contribution in [1.82, 2.24) is 26.2 Å². The van der Waals surface area contributed by atoms with E-state index in [0.29, 0.717) is 43.7 Å². The molecular weight excluding hydrogens is 650 g/mol. The summed E-state index contributed by atoms with van der Waals surface area (Å²) in [5, 5.41) is 20.7. The molecule has 1 heterocycles. The molecule has 0 radical (unpaired) electrons. The molecule has 1 fully saturated rings. The number of amides is 5. The average molecular weight is 698 g/mol. The lowest BCUT2D eigenvalue weighted by molar-refractivity contribution is -0.142. The van der Waals surface area contributed by atoms with Crippen LogP contribution in [-0.4, -0.2) is 105 Å². The number of hydrogen-bond donors (Lipinski definition) is 5. The third-order valence-electron chi connectivity index (χ3n) is 8.39. The first kappa shape index (κ1) is 39.3. The average Bonchev–Trinajstić information content (AvgIpc) is 3.62. The van der Waals surface area contributed by atoms with Gasteiger partial charge in [0.1, 0.15) is 29.6 Å². The van der Waals surface area contributed by atoms with Gasteiger partial charge in [-0.15, -0.1) is 0 Å². The minimum Gasteiger partial charge on any atom is -0.497 e. The van der Waals surface area contributed by atoms with Crippen LogP contribution < -0.4 is 30.7 Å². The van der Waals surface area contributed by atoms with Gasteiger partial charge in [0.05, 0.1) is 33.9 Å². The number of nitrogens with one attached hydrogen (secondary N) is 4.